The second-order valence-corrected chi connectivity index (χ2v) is 9.00. The number of fused-ring (bicyclic) bond motifs is 6. The molecular weight excluding hydrogens is 450 g/mol. The summed E-state index contributed by atoms with van der Waals surface area (Å²) in [5, 5.41) is 9.56. The van der Waals surface area contributed by atoms with Crippen LogP contribution in [0.15, 0.2) is 109 Å². The summed E-state index contributed by atoms with van der Waals surface area (Å²) < 4.78 is 0. The molecule has 0 fully saturated rings. The average molecular weight is 468 g/mol. The molecule has 0 unspecified atom stereocenters. The Morgan fingerprint density at radius 2 is 1.09 bits per heavy atom. The van der Waals surface area contributed by atoms with Crippen LogP contribution in [-0.2, 0) is 0 Å². The molecule has 1 heterocycles. The summed E-state index contributed by atoms with van der Waals surface area (Å²) in [6.45, 7) is 0. The van der Waals surface area contributed by atoms with Gasteiger partial charge in [0.05, 0.1) is 0 Å². The third-order valence-corrected chi connectivity index (χ3v) is 6.79. The molecule has 6 aromatic carbocycles. The Balaban J connectivity index is 1.44. The van der Waals surface area contributed by atoms with Crippen molar-refractivity contribution >= 4 is 54.7 Å². The fourth-order valence-electron chi connectivity index (χ4n) is 5.00. The molecule has 7 rings (SSSR count). The van der Waals surface area contributed by atoms with E-state index in [1.807, 2.05) is 6.07 Å². The van der Waals surface area contributed by atoms with Gasteiger partial charge < -0.3 is 0 Å². The van der Waals surface area contributed by atoms with Crippen LogP contribution in [0.4, 0.5) is 0 Å². The smallest absolute Gasteiger partial charge is 0.208 e. The maximum atomic E-state index is 6.45. The average Bonchev–Trinajstić information content (AvgIpc) is 2.92. The molecule has 0 saturated carbocycles. The summed E-state index contributed by atoms with van der Waals surface area (Å²) in [4.78, 5) is 13.9. The first kappa shape index (κ1) is 20.1. The van der Waals surface area contributed by atoms with E-state index in [4.69, 9.17) is 16.6 Å². The van der Waals surface area contributed by atoms with Crippen LogP contribution in [0.25, 0.3) is 65.9 Å². The molecule has 0 amide bonds. The molecule has 0 spiro atoms. The van der Waals surface area contributed by atoms with E-state index in [-0.39, 0.29) is 5.28 Å². The van der Waals surface area contributed by atoms with Crippen LogP contribution in [0.3, 0.4) is 0 Å². The molecule has 0 saturated heterocycles. The van der Waals surface area contributed by atoms with Crippen molar-refractivity contribution in [1.82, 2.24) is 15.0 Å². The summed E-state index contributed by atoms with van der Waals surface area (Å²) in [7, 11) is 0. The highest BCUT2D eigenvalue weighted by molar-refractivity contribution is 6.28. The largest absolute Gasteiger partial charge is 0.226 e. The van der Waals surface area contributed by atoms with Gasteiger partial charge in [-0.25, -0.2) is 4.98 Å². The van der Waals surface area contributed by atoms with Gasteiger partial charge in [-0.2, -0.15) is 9.97 Å². The summed E-state index contributed by atoms with van der Waals surface area (Å²) in [6, 6.07) is 37.9. The standard InChI is InChI=1S/C31H18ClN3/c32-31-34-29(23-16-17-25-22(18-23)15-13-19-6-1-3-9-24(19)25)33-30(35-31)27-11-5-8-21-14-12-20-7-2-4-10-26(20)28(21)27/h1-18H. The minimum Gasteiger partial charge on any atom is -0.208 e. The van der Waals surface area contributed by atoms with Crippen molar-refractivity contribution in [3.8, 4) is 22.8 Å². The van der Waals surface area contributed by atoms with Crippen molar-refractivity contribution in [2.24, 2.45) is 0 Å². The summed E-state index contributed by atoms with van der Waals surface area (Å²) in [5.74, 6) is 1.13. The molecular formula is C31H18ClN3. The SMILES string of the molecule is Clc1nc(-c2ccc3c(ccc4ccccc43)c2)nc(-c2cccc3ccc4ccccc4c23)n1. The van der Waals surface area contributed by atoms with Gasteiger partial charge >= 0.3 is 0 Å². The van der Waals surface area contributed by atoms with E-state index in [9.17, 15) is 0 Å². The highest BCUT2D eigenvalue weighted by atomic mass is 35.5. The van der Waals surface area contributed by atoms with Crippen LogP contribution in [-0.4, -0.2) is 15.0 Å². The van der Waals surface area contributed by atoms with Crippen LogP contribution < -0.4 is 0 Å². The fourth-order valence-corrected chi connectivity index (χ4v) is 5.16. The van der Waals surface area contributed by atoms with Crippen LogP contribution in [0.5, 0.6) is 0 Å². The van der Waals surface area contributed by atoms with Crippen LogP contribution in [0, 0.1) is 0 Å². The Morgan fingerprint density at radius 3 is 1.94 bits per heavy atom. The van der Waals surface area contributed by atoms with Gasteiger partial charge in [0.25, 0.3) is 0 Å². The van der Waals surface area contributed by atoms with Gasteiger partial charge in [-0.15, -0.1) is 0 Å². The number of rotatable bonds is 2. The minimum atomic E-state index is 0.181. The zero-order chi connectivity index (χ0) is 23.4. The van der Waals surface area contributed by atoms with Crippen molar-refractivity contribution in [3.05, 3.63) is 114 Å². The molecule has 0 atom stereocenters. The Kier molecular flexibility index (Phi) is 4.51. The Bertz CT molecular complexity index is 1930. The third-order valence-electron chi connectivity index (χ3n) is 6.62. The molecule has 1 aromatic heterocycles. The zero-order valence-electron chi connectivity index (χ0n) is 18.6. The molecule has 4 heteroatoms. The predicted molar refractivity (Wildman–Crippen MR) is 146 cm³/mol. The molecule has 0 aliphatic carbocycles. The summed E-state index contributed by atoms with van der Waals surface area (Å²) >= 11 is 6.45. The van der Waals surface area contributed by atoms with E-state index in [0.717, 1.165) is 32.7 Å². The van der Waals surface area contributed by atoms with Gasteiger partial charge in [-0.3, -0.25) is 0 Å². The summed E-state index contributed by atoms with van der Waals surface area (Å²) in [6.07, 6.45) is 0. The van der Waals surface area contributed by atoms with Crippen LogP contribution >= 0.6 is 11.6 Å². The number of hydrogen-bond donors (Lipinski definition) is 0. The molecule has 164 valence electrons. The van der Waals surface area contributed by atoms with E-state index in [0.29, 0.717) is 11.6 Å². The number of nitrogens with zero attached hydrogens (tertiary/aromatic N) is 3. The summed E-state index contributed by atoms with van der Waals surface area (Å²) in [5.41, 5.74) is 1.85. The van der Waals surface area contributed by atoms with E-state index in [1.165, 1.54) is 21.5 Å². The molecule has 0 N–H and O–H groups in total. The molecule has 0 radical (unpaired) electrons. The predicted octanol–water partition coefficient (Wildman–Crippen LogP) is 8.47. The maximum absolute atomic E-state index is 6.45. The van der Waals surface area contributed by atoms with Gasteiger partial charge in [-0.1, -0.05) is 103 Å². The van der Waals surface area contributed by atoms with Crippen molar-refractivity contribution in [1.29, 1.82) is 0 Å². The van der Waals surface area contributed by atoms with Crippen molar-refractivity contribution in [2.75, 3.05) is 0 Å². The fraction of sp³-hybridized carbons (Fsp3) is 0. The second kappa shape index (κ2) is 7.86. The third kappa shape index (κ3) is 3.32. The lowest BCUT2D eigenvalue weighted by molar-refractivity contribution is 1.07. The Morgan fingerprint density at radius 1 is 0.457 bits per heavy atom. The normalized spacial score (nSPS) is 11.6. The van der Waals surface area contributed by atoms with Gasteiger partial charge in [-0.05, 0) is 55.4 Å². The Hall–Kier alpha value is -4.34. The number of halogens is 1. The highest BCUT2D eigenvalue weighted by Crippen LogP contribution is 2.34. The van der Waals surface area contributed by atoms with E-state index < -0.39 is 0 Å². The van der Waals surface area contributed by atoms with Crippen LogP contribution in [0.2, 0.25) is 5.28 Å². The van der Waals surface area contributed by atoms with Gasteiger partial charge in [0.1, 0.15) is 0 Å². The minimum absolute atomic E-state index is 0.181. The number of aromatic nitrogens is 3. The lowest BCUT2D eigenvalue weighted by Crippen LogP contribution is -1.98. The monoisotopic (exact) mass is 467 g/mol. The van der Waals surface area contributed by atoms with Gasteiger partial charge in [0.2, 0.25) is 5.28 Å². The first-order valence-corrected chi connectivity index (χ1v) is 11.9. The van der Waals surface area contributed by atoms with Crippen LogP contribution in [0.1, 0.15) is 0 Å². The van der Waals surface area contributed by atoms with E-state index in [1.54, 1.807) is 0 Å². The van der Waals surface area contributed by atoms with E-state index in [2.05, 4.69) is 113 Å². The molecule has 0 bridgehead atoms. The molecule has 0 aliphatic rings. The molecule has 0 aliphatic heterocycles. The Labute approximate surface area is 206 Å². The number of hydrogen-bond acceptors (Lipinski definition) is 3. The highest BCUT2D eigenvalue weighted by Gasteiger charge is 2.14. The van der Waals surface area contributed by atoms with Crippen molar-refractivity contribution in [3.63, 3.8) is 0 Å². The first-order chi connectivity index (χ1) is 17.2. The topological polar surface area (TPSA) is 38.7 Å². The van der Waals surface area contributed by atoms with Crippen molar-refractivity contribution < 1.29 is 0 Å². The molecule has 7 aromatic rings. The zero-order valence-corrected chi connectivity index (χ0v) is 19.4. The van der Waals surface area contributed by atoms with Crippen molar-refractivity contribution in [2.45, 2.75) is 0 Å². The van der Waals surface area contributed by atoms with Gasteiger partial charge in [0.15, 0.2) is 11.6 Å². The molecule has 3 nitrogen and oxygen atoms in total. The molecule has 35 heavy (non-hydrogen) atoms. The maximum Gasteiger partial charge on any atom is 0.226 e. The van der Waals surface area contributed by atoms with E-state index >= 15 is 0 Å². The quantitative estimate of drug-likeness (QED) is 0.239. The second-order valence-electron chi connectivity index (χ2n) is 8.66. The number of benzene rings is 6. The van der Waals surface area contributed by atoms with Gasteiger partial charge in [0, 0.05) is 16.5 Å². The lowest BCUT2D eigenvalue weighted by Gasteiger charge is -2.11. The lowest BCUT2D eigenvalue weighted by atomic mass is 9.97. The first-order valence-electron chi connectivity index (χ1n) is 11.5.